The molecule has 4 aromatic carbocycles. The second kappa shape index (κ2) is 13.7. The zero-order chi connectivity index (χ0) is 33.6. The van der Waals surface area contributed by atoms with E-state index >= 15 is 0 Å². The van der Waals surface area contributed by atoms with Crippen LogP contribution in [0, 0.1) is 45.3 Å². The monoisotopic (exact) mass is 664 g/mol. The maximum absolute atomic E-state index is 13.6. The third-order valence-electron chi connectivity index (χ3n) is 6.80. The summed E-state index contributed by atoms with van der Waals surface area (Å²) in [6, 6.07) is 28.1. The molecule has 0 amide bonds. The van der Waals surface area contributed by atoms with Gasteiger partial charge in [-0.2, -0.15) is 31.0 Å². The van der Waals surface area contributed by atoms with Gasteiger partial charge in [0.05, 0.1) is 31.6 Å². The van der Waals surface area contributed by atoms with E-state index in [9.17, 15) is 30.6 Å². The van der Waals surface area contributed by atoms with Crippen LogP contribution >= 0.6 is 22.7 Å². The zero-order valence-corrected chi connectivity index (χ0v) is 26.0. The molecule has 12 nitrogen and oxygen atoms in total. The highest BCUT2D eigenvalue weighted by molar-refractivity contribution is 7.24. The average Bonchev–Trinajstić information content (AvgIpc) is 3.75. The highest BCUT2D eigenvalue weighted by Gasteiger charge is 2.25. The number of esters is 2. The van der Waals surface area contributed by atoms with Crippen molar-refractivity contribution in [1.82, 2.24) is 9.97 Å². The fourth-order valence-corrected chi connectivity index (χ4v) is 6.63. The predicted octanol–water partition coefficient (Wildman–Crippen LogP) is 7.01. The predicted molar refractivity (Wildman–Crippen MR) is 178 cm³/mol. The number of hydrogen-bond acceptors (Lipinski definition) is 14. The lowest BCUT2D eigenvalue weighted by atomic mass is 10.0. The molecule has 6 aromatic rings. The topological polar surface area (TPSA) is 198 Å². The first-order valence-corrected chi connectivity index (χ1v) is 15.5. The molecule has 0 aliphatic rings. The van der Waals surface area contributed by atoms with Gasteiger partial charge in [-0.05, 0) is 23.3 Å². The SMILES string of the molecule is N#CC(C#N)=Nc1nc2c(C(=O)OCc3ccccc3)cc3c(cc(C(=O)OCc4ccccc4)c4nc(N=C(C#N)C#N)sc43)c2s1. The highest BCUT2D eigenvalue weighted by Crippen LogP contribution is 2.43. The molecular formula is C34H16N8O4S2. The molecule has 228 valence electrons. The Bertz CT molecular complexity index is 2290. The van der Waals surface area contributed by atoms with Crippen molar-refractivity contribution in [3.8, 4) is 24.3 Å². The fourth-order valence-electron chi connectivity index (χ4n) is 4.65. The molecule has 0 saturated carbocycles. The molecule has 0 N–H and O–H groups in total. The summed E-state index contributed by atoms with van der Waals surface area (Å²) in [6.07, 6.45) is 0. The molecule has 0 aliphatic carbocycles. The van der Waals surface area contributed by atoms with E-state index in [1.54, 1.807) is 36.4 Å². The van der Waals surface area contributed by atoms with Crippen molar-refractivity contribution in [3.63, 3.8) is 0 Å². The van der Waals surface area contributed by atoms with Crippen LogP contribution in [0.4, 0.5) is 10.3 Å². The number of carbonyl (C=O) groups excluding carboxylic acids is 2. The maximum Gasteiger partial charge on any atom is 0.340 e. The molecule has 0 aliphatic heterocycles. The summed E-state index contributed by atoms with van der Waals surface area (Å²) in [7, 11) is 0. The van der Waals surface area contributed by atoms with Gasteiger partial charge in [-0.3, -0.25) is 0 Å². The molecule has 0 unspecified atom stereocenters. The molecule has 14 heteroatoms. The Labute approximate surface area is 279 Å². The first kappa shape index (κ1) is 31.2. The Morgan fingerprint density at radius 1 is 0.625 bits per heavy atom. The van der Waals surface area contributed by atoms with E-state index < -0.39 is 23.4 Å². The number of hydrogen-bond donors (Lipinski definition) is 0. The summed E-state index contributed by atoms with van der Waals surface area (Å²) in [5.41, 5.74) is 1.14. The molecular weight excluding hydrogens is 649 g/mol. The van der Waals surface area contributed by atoms with Gasteiger partial charge in [-0.1, -0.05) is 83.3 Å². The molecule has 0 radical (unpaired) electrons. The Morgan fingerprint density at radius 3 is 1.35 bits per heavy atom. The van der Waals surface area contributed by atoms with Crippen LogP contribution in [0.2, 0.25) is 0 Å². The van der Waals surface area contributed by atoms with Crippen molar-refractivity contribution in [2.24, 2.45) is 9.98 Å². The molecule has 0 atom stereocenters. The minimum atomic E-state index is -0.703. The van der Waals surface area contributed by atoms with Crippen molar-refractivity contribution in [2.45, 2.75) is 13.2 Å². The van der Waals surface area contributed by atoms with Crippen LogP contribution in [0.5, 0.6) is 0 Å². The lowest BCUT2D eigenvalue weighted by Gasteiger charge is -2.10. The van der Waals surface area contributed by atoms with Crippen molar-refractivity contribution >= 4 is 87.5 Å². The van der Waals surface area contributed by atoms with Crippen LogP contribution in [0.25, 0.3) is 31.2 Å². The Balaban J connectivity index is 1.58. The zero-order valence-electron chi connectivity index (χ0n) is 24.4. The number of carbonyl (C=O) groups is 2. The third-order valence-corrected chi connectivity index (χ3v) is 8.77. The van der Waals surface area contributed by atoms with Gasteiger partial charge >= 0.3 is 11.9 Å². The molecule has 0 spiro atoms. The van der Waals surface area contributed by atoms with E-state index in [0.29, 0.717) is 20.2 Å². The first-order valence-electron chi connectivity index (χ1n) is 13.8. The van der Waals surface area contributed by atoms with E-state index in [4.69, 9.17) is 9.47 Å². The van der Waals surface area contributed by atoms with Crippen LogP contribution in [-0.4, -0.2) is 33.3 Å². The van der Waals surface area contributed by atoms with Crippen molar-refractivity contribution in [1.29, 1.82) is 21.0 Å². The molecule has 48 heavy (non-hydrogen) atoms. The van der Waals surface area contributed by atoms with Crippen molar-refractivity contribution in [3.05, 3.63) is 95.1 Å². The van der Waals surface area contributed by atoms with E-state index in [1.165, 1.54) is 0 Å². The number of nitrogens with zero attached hydrogens (tertiary/aromatic N) is 8. The van der Waals surface area contributed by atoms with Gasteiger partial charge in [0.2, 0.25) is 21.7 Å². The van der Waals surface area contributed by atoms with Crippen LogP contribution in [0.3, 0.4) is 0 Å². The quantitative estimate of drug-likeness (QED) is 0.120. The van der Waals surface area contributed by atoms with Gasteiger partial charge in [-0.25, -0.2) is 19.6 Å². The second-order valence-corrected chi connectivity index (χ2v) is 11.7. The lowest BCUT2D eigenvalue weighted by Crippen LogP contribution is -2.08. The number of rotatable bonds is 8. The molecule has 6 rings (SSSR count). The molecule has 0 fully saturated rings. The summed E-state index contributed by atoms with van der Waals surface area (Å²) in [4.78, 5) is 44.2. The van der Waals surface area contributed by atoms with Gasteiger partial charge in [0, 0.05) is 10.8 Å². The number of ether oxygens (including phenoxy) is 2. The highest BCUT2D eigenvalue weighted by atomic mass is 32.1. The number of aromatic nitrogens is 2. The van der Waals surface area contributed by atoms with Gasteiger partial charge in [-0.15, -0.1) is 0 Å². The van der Waals surface area contributed by atoms with Crippen LogP contribution < -0.4 is 0 Å². The van der Waals surface area contributed by atoms with E-state index in [1.807, 2.05) is 60.7 Å². The Morgan fingerprint density at radius 2 is 1.00 bits per heavy atom. The fraction of sp³-hybridized carbons (Fsp3) is 0.0588. The number of fused-ring (bicyclic) bond motifs is 5. The van der Waals surface area contributed by atoms with Gasteiger partial charge in [0.15, 0.2) is 0 Å². The summed E-state index contributed by atoms with van der Waals surface area (Å²) in [5.74, 6) is -1.41. The molecule has 2 heterocycles. The first-order chi connectivity index (χ1) is 23.4. The minimum Gasteiger partial charge on any atom is -0.457 e. The summed E-state index contributed by atoms with van der Waals surface area (Å²) >= 11 is 2.01. The maximum atomic E-state index is 13.6. The summed E-state index contributed by atoms with van der Waals surface area (Å²) in [5, 5.41) is 38.2. The van der Waals surface area contributed by atoms with Gasteiger partial charge in [0.1, 0.15) is 37.5 Å². The standard InChI is InChI=1S/C34H16N8O4S2/c35-13-21(14-36)39-33-41-27-25(31(43)45-17-19-7-3-1-4-8-19)11-23-24(29(27)47-33)12-26(32(44)46-18-20-9-5-2-6-10-20)28-30(23)48-34(42-28)40-22(15-37)16-38/h1-12H,17-18H2. The number of thiazole rings is 2. The molecule has 2 aromatic heterocycles. The lowest BCUT2D eigenvalue weighted by molar-refractivity contribution is 0.0466. The smallest absolute Gasteiger partial charge is 0.340 e. The largest absolute Gasteiger partial charge is 0.457 e. The van der Waals surface area contributed by atoms with Gasteiger partial charge in [0.25, 0.3) is 0 Å². The molecule has 0 saturated heterocycles. The van der Waals surface area contributed by atoms with E-state index in [0.717, 1.165) is 33.8 Å². The van der Waals surface area contributed by atoms with E-state index in [2.05, 4.69) is 20.0 Å². The Kier molecular flexibility index (Phi) is 8.86. The van der Waals surface area contributed by atoms with Crippen LogP contribution in [0.1, 0.15) is 31.8 Å². The summed E-state index contributed by atoms with van der Waals surface area (Å²) < 4.78 is 12.1. The van der Waals surface area contributed by atoms with Crippen molar-refractivity contribution < 1.29 is 19.1 Å². The average molecular weight is 665 g/mol. The summed E-state index contributed by atoms with van der Waals surface area (Å²) in [6.45, 7) is -0.0407. The second-order valence-electron chi connectivity index (χ2n) is 9.78. The van der Waals surface area contributed by atoms with Gasteiger partial charge < -0.3 is 9.47 Å². The Hall–Kier alpha value is -6.84. The van der Waals surface area contributed by atoms with Crippen LogP contribution in [-0.2, 0) is 22.7 Å². The molecule has 0 bridgehead atoms. The minimum absolute atomic E-state index is 0.0204. The third kappa shape index (κ3) is 6.30. The number of aliphatic imine (C=N–C) groups is 2. The van der Waals surface area contributed by atoms with Crippen molar-refractivity contribution in [2.75, 3.05) is 0 Å². The number of benzene rings is 4. The van der Waals surface area contributed by atoms with E-state index in [-0.39, 0.29) is 45.6 Å². The normalized spacial score (nSPS) is 10.3. The number of nitriles is 4. The van der Waals surface area contributed by atoms with Crippen LogP contribution in [0.15, 0.2) is 82.8 Å².